The van der Waals surface area contributed by atoms with E-state index >= 15 is 0 Å². The van der Waals surface area contributed by atoms with E-state index < -0.39 is 0 Å². The van der Waals surface area contributed by atoms with E-state index in [4.69, 9.17) is 4.42 Å². The molecule has 0 unspecified atom stereocenters. The predicted octanol–water partition coefficient (Wildman–Crippen LogP) is 4.30. The topological polar surface area (TPSA) is 67.5 Å². The van der Waals surface area contributed by atoms with Gasteiger partial charge in [-0.2, -0.15) is 0 Å². The Morgan fingerprint density at radius 2 is 1.90 bits per heavy atom. The Hall–Kier alpha value is -2.50. The normalized spacial score (nSPS) is 11.3. The highest BCUT2D eigenvalue weighted by atomic mass is 16.4. The van der Waals surface area contributed by atoms with E-state index in [-0.39, 0.29) is 11.8 Å². The third-order valence-corrected chi connectivity index (χ3v) is 4.59. The molecule has 0 saturated carbocycles. The zero-order chi connectivity index (χ0) is 21.4. The van der Waals surface area contributed by atoms with Crippen molar-refractivity contribution in [3.05, 3.63) is 47.7 Å². The van der Waals surface area contributed by atoms with Gasteiger partial charge in [-0.25, -0.2) is 0 Å². The second kappa shape index (κ2) is 10.9. The van der Waals surface area contributed by atoms with Crippen LogP contribution in [0.1, 0.15) is 69.5 Å². The van der Waals surface area contributed by atoms with E-state index in [2.05, 4.69) is 44.5 Å². The van der Waals surface area contributed by atoms with Gasteiger partial charge in [-0.15, -0.1) is 0 Å². The van der Waals surface area contributed by atoms with Gasteiger partial charge < -0.3 is 19.2 Å². The Balaban J connectivity index is 2.04. The molecule has 29 heavy (non-hydrogen) atoms. The van der Waals surface area contributed by atoms with Crippen molar-refractivity contribution in [1.82, 2.24) is 14.8 Å². The van der Waals surface area contributed by atoms with Crippen molar-refractivity contribution in [3.63, 3.8) is 0 Å². The maximum Gasteiger partial charge on any atom is 0.287 e. The molecule has 0 saturated heterocycles. The lowest BCUT2D eigenvalue weighted by molar-refractivity contribution is -0.132. The van der Waals surface area contributed by atoms with E-state index in [1.54, 1.807) is 6.07 Å². The van der Waals surface area contributed by atoms with E-state index in [1.165, 1.54) is 0 Å². The monoisotopic (exact) mass is 401 g/mol. The number of aromatic nitrogens is 1. The molecule has 0 radical (unpaired) electrons. The Labute approximate surface area is 174 Å². The molecule has 0 atom stereocenters. The van der Waals surface area contributed by atoms with E-state index in [9.17, 15) is 9.59 Å². The zero-order valence-corrected chi connectivity index (χ0v) is 18.4. The predicted molar refractivity (Wildman–Crippen MR) is 115 cm³/mol. The standard InChI is InChI=1S/C23H35N3O3/c1-6-11-26(22(27)13-17(2)3)15-19-8-7-12-25(19)16-20-9-10-21(29-20)23(28)24-14-18(4)5/h7-10,12,17-18H,6,11,13-16H2,1-5H3,(H,24,28). The lowest BCUT2D eigenvalue weighted by Gasteiger charge is -2.24. The van der Waals surface area contributed by atoms with Gasteiger partial charge in [0.1, 0.15) is 5.76 Å². The van der Waals surface area contributed by atoms with Crippen LogP contribution in [0.25, 0.3) is 0 Å². The Bertz CT molecular complexity index is 789. The Kier molecular flexibility index (Phi) is 8.55. The zero-order valence-electron chi connectivity index (χ0n) is 18.4. The number of hydrogen-bond donors (Lipinski definition) is 1. The lowest BCUT2D eigenvalue weighted by Crippen LogP contribution is -2.32. The van der Waals surface area contributed by atoms with Crippen LogP contribution >= 0.6 is 0 Å². The molecule has 0 spiro atoms. The van der Waals surface area contributed by atoms with Crippen LogP contribution in [0.2, 0.25) is 0 Å². The lowest BCUT2D eigenvalue weighted by atomic mass is 10.1. The van der Waals surface area contributed by atoms with Crippen LogP contribution in [-0.4, -0.2) is 34.4 Å². The number of nitrogens with zero attached hydrogens (tertiary/aromatic N) is 2. The van der Waals surface area contributed by atoms with Crippen molar-refractivity contribution in [2.24, 2.45) is 11.8 Å². The quantitative estimate of drug-likeness (QED) is 0.610. The van der Waals surface area contributed by atoms with Gasteiger partial charge in [-0.05, 0) is 42.5 Å². The molecule has 2 heterocycles. The summed E-state index contributed by atoms with van der Waals surface area (Å²) in [5.41, 5.74) is 1.05. The fourth-order valence-electron chi connectivity index (χ4n) is 3.12. The SMILES string of the molecule is CCCN(Cc1cccn1Cc1ccc(C(=O)NCC(C)C)o1)C(=O)CC(C)C. The summed E-state index contributed by atoms with van der Waals surface area (Å²) in [5, 5.41) is 2.87. The number of rotatable bonds is 11. The summed E-state index contributed by atoms with van der Waals surface area (Å²) in [6.45, 7) is 12.8. The highest BCUT2D eigenvalue weighted by molar-refractivity contribution is 5.91. The molecule has 0 bridgehead atoms. The molecular formula is C23H35N3O3. The highest BCUT2D eigenvalue weighted by Gasteiger charge is 2.17. The van der Waals surface area contributed by atoms with Gasteiger partial charge in [0.15, 0.2) is 5.76 Å². The maximum atomic E-state index is 12.6. The van der Waals surface area contributed by atoms with E-state index in [0.717, 1.165) is 18.7 Å². The number of amides is 2. The van der Waals surface area contributed by atoms with Crippen molar-refractivity contribution in [3.8, 4) is 0 Å². The summed E-state index contributed by atoms with van der Waals surface area (Å²) in [7, 11) is 0. The molecule has 160 valence electrons. The number of carbonyl (C=O) groups is 2. The minimum atomic E-state index is -0.189. The van der Waals surface area contributed by atoms with Gasteiger partial charge in [-0.1, -0.05) is 34.6 Å². The summed E-state index contributed by atoms with van der Waals surface area (Å²) in [4.78, 5) is 26.7. The fraction of sp³-hybridized carbons (Fsp3) is 0.565. The molecule has 2 amide bonds. The summed E-state index contributed by atoms with van der Waals surface area (Å²) in [6.07, 6.45) is 3.47. The Morgan fingerprint density at radius 1 is 1.14 bits per heavy atom. The van der Waals surface area contributed by atoms with Gasteiger partial charge >= 0.3 is 0 Å². The molecule has 2 aromatic heterocycles. The number of carbonyl (C=O) groups excluding carboxylic acids is 2. The van der Waals surface area contributed by atoms with Gasteiger partial charge in [0.2, 0.25) is 5.91 Å². The van der Waals surface area contributed by atoms with Crippen LogP contribution in [0.5, 0.6) is 0 Å². The molecule has 6 nitrogen and oxygen atoms in total. The van der Waals surface area contributed by atoms with Crippen LogP contribution in [0, 0.1) is 11.8 Å². The summed E-state index contributed by atoms with van der Waals surface area (Å²) < 4.78 is 7.81. The third-order valence-electron chi connectivity index (χ3n) is 4.59. The second-order valence-corrected chi connectivity index (χ2v) is 8.41. The second-order valence-electron chi connectivity index (χ2n) is 8.41. The largest absolute Gasteiger partial charge is 0.454 e. The van der Waals surface area contributed by atoms with Crippen molar-refractivity contribution < 1.29 is 14.0 Å². The molecule has 0 fully saturated rings. The molecule has 2 aromatic rings. The van der Waals surface area contributed by atoms with Crippen molar-refractivity contribution in [2.45, 2.75) is 60.5 Å². The van der Waals surface area contributed by atoms with Gasteiger partial charge in [0, 0.05) is 31.4 Å². The fourth-order valence-corrected chi connectivity index (χ4v) is 3.12. The van der Waals surface area contributed by atoms with Crippen molar-refractivity contribution in [2.75, 3.05) is 13.1 Å². The minimum absolute atomic E-state index is 0.189. The van der Waals surface area contributed by atoms with Gasteiger partial charge in [0.25, 0.3) is 5.91 Å². The van der Waals surface area contributed by atoms with Gasteiger partial charge in [-0.3, -0.25) is 9.59 Å². The van der Waals surface area contributed by atoms with E-state index in [1.807, 2.05) is 29.3 Å². The van der Waals surface area contributed by atoms with Crippen LogP contribution < -0.4 is 5.32 Å². The van der Waals surface area contributed by atoms with E-state index in [0.29, 0.717) is 49.4 Å². The summed E-state index contributed by atoms with van der Waals surface area (Å²) in [6, 6.07) is 7.56. The third kappa shape index (κ3) is 7.11. The molecule has 0 aliphatic rings. The first kappa shape index (κ1) is 22.8. The minimum Gasteiger partial charge on any atom is -0.454 e. The summed E-state index contributed by atoms with van der Waals surface area (Å²) >= 11 is 0. The molecular weight excluding hydrogens is 366 g/mol. The summed E-state index contributed by atoms with van der Waals surface area (Å²) in [5.74, 6) is 1.78. The molecule has 1 N–H and O–H groups in total. The first-order valence-electron chi connectivity index (χ1n) is 10.6. The first-order chi connectivity index (χ1) is 13.8. The van der Waals surface area contributed by atoms with Gasteiger partial charge in [0.05, 0.1) is 13.1 Å². The van der Waals surface area contributed by atoms with Crippen molar-refractivity contribution in [1.29, 1.82) is 0 Å². The number of furan rings is 1. The van der Waals surface area contributed by atoms with Crippen LogP contribution in [0.15, 0.2) is 34.9 Å². The molecule has 0 aromatic carbocycles. The van der Waals surface area contributed by atoms with Crippen LogP contribution in [-0.2, 0) is 17.9 Å². The average Bonchev–Trinajstić information content (AvgIpc) is 3.29. The smallest absolute Gasteiger partial charge is 0.287 e. The Morgan fingerprint density at radius 3 is 2.55 bits per heavy atom. The average molecular weight is 402 g/mol. The number of nitrogens with one attached hydrogen (secondary N) is 1. The number of hydrogen-bond acceptors (Lipinski definition) is 3. The molecule has 0 aliphatic heterocycles. The highest BCUT2D eigenvalue weighted by Crippen LogP contribution is 2.15. The van der Waals surface area contributed by atoms with Crippen LogP contribution in [0.4, 0.5) is 0 Å². The molecule has 0 aliphatic carbocycles. The molecule has 6 heteroatoms. The maximum absolute atomic E-state index is 12.6. The van der Waals surface area contributed by atoms with Crippen molar-refractivity contribution >= 4 is 11.8 Å². The first-order valence-corrected chi connectivity index (χ1v) is 10.6. The molecule has 2 rings (SSSR count). The van der Waals surface area contributed by atoms with Crippen LogP contribution in [0.3, 0.4) is 0 Å².